The van der Waals surface area contributed by atoms with Crippen LogP contribution in [0.4, 0.5) is 0 Å². The van der Waals surface area contributed by atoms with Crippen molar-refractivity contribution in [3.05, 3.63) is 0 Å². The maximum Gasteiger partial charge on any atom is 0.222 e. The number of likely N-dealkylation sites (tertiary alicyclic amines) is 1. The highest BCUT2D eigenvalue weighted by molar-refractivity contribution is 5.77. The topological polar surface area (TPSA) is 23.6 Å². The van der Waals surface area contributed by atoms with E-state index in [9.17, 15) is 4.79 Å². The summed E-state index contributed by atoms with van der Waals surface area (Å²) >= 11 is 0. The molecule has 0 unspecified atom stereocenters. The Morgan fingerprint density at radius 3 is 2.00 bits per heavy atom. The Morgan fingerprint density at radius 2 is 1.92 bits per heavy atom. The van der Waals surface area contributed by atoms with Crippen LogP contribution in [0.1, 0.15) is 26.7 Å². The van der Waals surface area contributed by atoms with Crippen LogP contribution in [0.5, 0.6) is 0 Å². The molecule has 0 aromatic heterocycles. The highest BCUT2D eigenvalue weighted by atomic mass is 16.2. The largest absolute Gasteiger partial charge is 0.346 e. The summed E-state index contributed by atoms with van der Waals surface area (Å²) in [4.78, 5) is 14.5. The van der Waals surface area contributed by atoms with E-state index in [0.717, 1.165) is 32.5 Å². The van der Waals surface area contributed by atoms with Crippen LogP contribution in [-0.4, -0.2) is 49.4 Å². The van der Waals surface area contributed by atoms with Crippen LogP contribution in [0.25, 0.3) is 0 Å². The Labute approximate surface area is 81.7 Å². The second-order valence-electron chi connectivity index (χ2n) is 3.41. The first-order valence-corrected chi connectivity index (χ1v) is 5.04. The maximum absolute atomic E-state index is 10.5. The Bertz CT molecular complexity index is 144. The lowest BCUT2D eigenvalue weighted by Crippen LogP contribution is -2.17. The molecule has 1 heterocycles. The molecule has 0 atom stereocenters. The Morgan fingerprint density at radius 1 is 1.38 bits per heavy atom. The lowest BCUT2D eigenvalue weighted by atomic mass is 10.4. The van der Waals surface area contributed by atoms with E-state index in [0.29, 0.717) is 5.91 Å². The molecule has 1 aliphatic rings. The fourth-order valence-corrected chi connectivity index (χ4v) is 1.01. The van der Waals surface area contributed by atoms with Crippen LogP contribution in [0.2, 0.25) is 0 Å². The van der Waals surface area contributed by atoms with Gasteiger partial charge in [0, 0.05) is 20.0 Å². The number of carbonyl (C=O) groups excluding carboxylic acids is 1. The van der Waals surface area contributed by atoms with Crippen molar-refractivity contribution in [3.8, 4) is 0 Å². The van der Waals surface area contributed by atoms with Gasteiger partial charge in [-0.25, -0.2) is 0 Å². The first-order chi connectivity index (χ1) is 6.11. The van der Waals surface area contributed by atoms with Crippen molar-refractivity contribution >= 4 is 5.91 Å². The van der Waals surface area contributed by atoms with Gasteiger partial charge in [0.05, 0.1) is 0 Å². The molecule has 1 amide bonds. The molecule has 0 bridgehead atoms. The van der Waals surface area contributed by atoms with Gasteiger partial charge < -0.3 is 9.80 Å². The molecule has 3 nitrogen and oxygen atoms in total. The van der Waals surface area contributed by atoms with Crippen LogP contribution >= 0.6 is 0 Å². The van der Waals surface area contributed by atoms with Gasteiger partial charge in [-0.15, -0.1) is 0 Å². The smallest absolute Gasteiger partial charge is 0.222 e. The summed E-state index contributed by atoms with van der Waals surface area (Å²) in [5.41, 5.74) is 0. The van der Waals surface area contributed by atoms with Gasteiger partial charge in [0.25, 0.3) is 0 Å². The standard InChI is InChI=1S/C5H9NO.C5H13N/c1-6-4-2-3-5(6)7;1-4-6(3)5-2/h2-4H2,1H3;4-5H2,1-3H3. The fraction of sp³-hybridized carbons (Fsp3) is 0.900. The predicted octanol–water partition coefficient (Wildman–Crippen LogP) is 1.20. The lowest BCUT2D eigenvalue weighted by Gasteiger charge is -2.07. The van der Waals surface area contributed by atoms with Crippen molar-refractivity contribution in [3.63, 3.8) is 0 Å². The molecule has 0 saturated carbocycles. The molecule has 3 heteroatoms. The van der Waals surface area contributed by atoms with E-state index in [1.165, 1.54) is 0 Å². The number of amides is 1. The molecule has 1 saturated heterocycles. The van der Waals surface area contributed by atoms with E-state index < -0.39 is 0 Å². The fourth-order valence-electron chi connectivity index (χ4n) is 1.01. The molecule has 0 N–H and O–H groups in total. The Hall–Kier alpha value is -0.570. The van der Waals surface area contributed by atoms with E-state index in [1.54, 1.807) is 4.90 Å². The highest BCUT2D eigenvalue weighted by Gasteiger charge is 2.14. The quantitative estimate of drug-likeness (QED) is 0.647. The third-order valence-electron chi connectivity index (χ3n) is 2.39. The summed E-state index contributed by atoms with van der Waals surface area (Å²) < 4.78 is 0. The molecule has 0 aromatic carbocycles. The van der Waals surface area contributed by atoms with Crippen molar-refractivity contribution in [1.29, 1.82) is 0 Å². The number of rotatable bonds is 2. The van der Waals surface area contributed by atoms with Crippen LogP contribution in [-0.2, 0) is 4.79 Å². The molecule has 1 fully saturated rings. The van der Waals surface area contributed by atoms with Gasteiger partial charge in [-0.1, -0.05) is 13.8 Å². The monoisotopic (exact) mass is 186 g/mol. The molecule has 78 valence electrons. The summed E-state index contributed by atoms with van der Waals surface area (Å²) in [5.74, 6) is 0.292. The summed E-state index contributed by atoms with van der Waals surface area (Å²) in [5, 5.41) is 0. The average Bonchev–Trinajstić information content (AvgIpc) is 2.51. The molecule has 0 aromatic rings. The van der Waals surface area contributed by atoms with Crippen LogP contribution in [0.15, 0.2) is 0 Å². The molecule has 1 aliphatic heterocycles. The minimum Gasteiger partial charge on any atom is -0.346 e. The molecule has 0 radical (unpaired) electrons. The van der Waals surface area contributed by atoms with Crippen molar-refractivity contribution in [2.24, 2.45) is 0 Å². The van der Waals surface area contributed by atoms with Gasteiger partial charge >= 0.3 is 0 Å². The van der Waals surface area contributed by atoms with Crippen LogP contribution in [0.3, 0.4) is 0 Å². The average molecular weight is 186 g/mol. The van der Waals surface area contributed by atoms with Gasteiger partial charge in [-0.05, 0) is 26.6 Å². The van der Waals surface area contributed by atoms with Gasteiger partial charge in [-0.2, -0.15) is 0 Å². The van der Waals surface area contributed by atoms with E-state index in [1.807, 2.05) is 7.05 Å². The normalized spacial score (nSPS) is 16.1. The lowest BCUT2D eigenvalue weighted by molar-refractivity contribution is -0.126. The van der Waals surface area contributed by atoms with E-state index in [2.05, 4.69) is 25.8 Å². The summed E-state index contributed by atoms with van der Waals surface area (Å²) in [6, 6.07) is 0. The van der Waals surface area contributed by atoms with Crippen LogP contribution < -0.4 is 0 Å². The highest BCUT2D eigenvalue weighted by Crippen LogP contribution is 2.04. The molecule has 0 spiro atoms. The summed E-state index contributed by atoms with van der Waals surface area (Å²) in [7, 11) is 3.95. The SMILES string of the molecule is CCN(C)CC.CN1CCCC1=O. The van der Waals surface area contributed by atoms with Crippen molar-refractivity contribution in [2.75, 3.05) is 33.7 Å². The maximum atomic E-state index is 10.5. The second-order valence-corrected chi connectivity index (χ2v) is 3.41. The van der Waals surface area contributed by atoms with E-state index in [-0.39, 0.29) is 0 Å². The summed E-state index contributed by atoms with van der Waals surface area (Å²) in [6.07, 6.45) is 1.81. The van der Waals surface area contributed by atoms with Crippen molar-refractivity contribution < 1.29 is 4.79 Å². The number of hydrogen-bond acceptors (Lipinski definition) is 2. The van der Waals surface area contributed by atoms with Crippen molar-refractivity contribution in [2.45, 2.75) is 26.7 Å². The minimum atomic E-state index is 0.292. The zero-order valence-electron chi connectivity index (χ0n) is 9.34. The minimum absolute atomic E-state index is 0.292. The number of nitrogens with zero attached hydrogens (tertiary/aromatic N) is 2. The molecule has 1 rings (SSSR count). The third kappa shape index (κ3) is 5.64. The van der Waals surface area contributed by atoms with Gasteiger partial charge in [-0.3, -0.25) is 4.79 Å². The number of hydrogen-bond donors (Lipinski definition) is 0. The van der Waals surface area contributed by atoms with E-state index in [4.69, 9.17) is 0 Å². The van der Waals surface area contributed by atoms with Gasteiger partial charge in [0.2, 0.25) is 5.91 Å². The molecular formula is C10H22N2O. The Kier molecular flexibility index (Phi) is 6.59. The van der Waals surface area contributed by atoms with Crippen LogP contribution in [0, 0.1) is 0 Å². The Balaban J connectivity index is 0.000000226. The zero-order valence-corrected chi connectivity index (χ0v) is 9.34. The molecule has 0 aliphatic carbocycles. The second kappa shape index (κ2) is 6.89. The third-order valence-corrected chi connectivity index (χ3v) is 2.39. The first kappa shape index (κ1) is 12.4. The predicted molar refractivity (Wildman–Crippen MR) is 55.7 cm³/mol. The van der Waals surface area contributed by atoms with Gasteiger partial charge in [0.15, 0.2) is 0 Å². The summed E-state index contributed by atoms with van der Waals surface area (Å²) in [6.45, 7) is 7.60. The van der Waals surface area contributed by atoms with E-state index >= 15 is 0 Å². The first-order valence-electron chi connectivity index (χ1n) is 5.04. The molecule has 13 heavy (non-hydrogen) atoms. The number of carbonyl (C=O) groups is 1. The van der Waals surface area contributed by atoms with Gasteiger partial charge in [0.1, 0.15) is 0 Å². The molecular weight excluding hydrogens is 164 g/mol. The zero-order chi connectivity index (χ0) is 10.3. The van der Waals surface area contributed by atoms with Crippen molar-refractivity contribution in [1.82, 2.24) is 9.80 Å².